The first kappa shape index (κ1) is 18.3. The number of hydrogen-bond donors (Lipinski definition) is 1. The van der Waals surface area contributed by atoms with Crippen LogP contribution in [-0.2, 0) is 4.79 Å². The third-order valence-corrected chi connectivity index (χ3v) is 3.72. The molecule has 6 nitrogen and oxygen atoms in total. The van der Waals surface area contributed by atoms with Crippen LogP contribution in [0, 0.1) is 0 Å². The summed E-state index contributed by atoms with van der Waals surface area (Å²) >= 11 is 0. The van der Waals surface area contributed by atoms with Crippen LogP contribution in [0.1, 0.15) is 33.6 Å². The van der Waals surface area contributed by atoms with Gasteiger partial charge < -0.3 is 15.0 Å². The summed E-state index contributed by atoms with van der Waals surface area (Å²) in [7, 11) is 0. The van der Waals surface area contributed by atoms with Crippen molar-refractivity contribution in [3.8, 4) is 5.88 Å². The second-order valence-electron chi connectivity index (χ2n) is 6.02. The minimum absolute atomic E-state index is 0.0444. The first-order valence-electron chi connectivity index (χ1n) is 7.76. The summed E-state index contributed by atoms with van der Waals surface area (Å²) in [6.45, 7) is 4.78. The van der Waals surface area contributed by atoms with E-state index in [-0.39, 0.29) is 31.5 Å². The predicted octanol–water partition coefficient (Wildman–Crippen LogP) is 2.62. The van der Waals surface area contributed by atoms with Gasteiger partial charge in [-0.2, -0.15) is 13.2 Å². The molecule has 2 atom stereocenters. The monoisotopic (exact) mass is 346 g/mol. The minimum Gasteiger partial charge on any atom is -0.472 e. The molecule has 0 unspecified atom stereocenters. The average Bonchev–Trinajstić information content (AvgIpc) is 2.47. The van der Waals surface area contributed by atoms with Crippen molar-refractivity contribution >= 4 is 11.7 Å². The summed E-state index contributed by atoms with van der Waals surface area (Å²) in [5.74, 6) is 0.0617. The van der Waals surface area contributed by atoms with Crippen molar-refractivity contribution in [2.75, 3.05) is 11.9 Å². The van der Waals surface area contributed by atoms with Gasteiger partial charge >= 0.3 is 6.18 Å². The molecule has 0 spiro atoms. The predicted molar refractivity (Wildman–Crippen MR) is 81.7 cm³/mol. The molecular formula is C15H21F3N4O2. The van der Waals surface area contributed by atoms with E-state index >= 15 is 0 Å². The molecular weight excluding hydrogens is 325 g/mol. The summed E-state index contributed by atoms with van der Waals surface area (Å²) in [6, 6.07) is -2.08. The van der Waals surface area contributed by atoms with Crippen molar-refractivity contribution in [3.63, 3.8) is 0 Å². The van der Waals surface area contributed by atoms with Crippen LogP contribution in [0.25, 0.3) is 0 Å². The molecule has 0 aliphatic carbocycles. The first-order chi connectivity index (χ1) is 11.2. The molecule has 1 amide bonds. The Balaban J connectivity index is 2.11. The Hall–Kier alpha value is -2.06. The zero-order valence-corrected chi connectivity index (χ0v) is 13.8. The van der Waals surface area contributed by atoms with Crippen LogP contribution in [0.3, 0.4) is 0 Å². The maximum absolute atomic E-state index is 13.1. The van der Waals surface area contributed by atoms with Crippen molar-refractivity contribution in [3.05, 3.63) is 12.4 Å². The van der Waals surface area contributed by atoms with E-state index in [2.05, 4.69) is 15.3 Å². The van der Waals surface area contributed by atoms with E-state index in [4.69, 9.17) is 4.74 Å². The number of ether oxygens (including phenoxy) is 1. The Morgan fingerprint density at radius 3 is 2.58 bits per heavy atom. The lowest BCUT2D eigenvalue weighted by molar-refractivity contribution is -0.195. The molecule has 2 heterocycles. The largest absolute Gasteiger partial charge is 0.472 e. The number of likely N-dealkylation sites (tertiary alicyclic amines) is 1. The highest BCUT2D eigenvalue weighted by Gasteiger charge is 2.47. The second-order valence-corrected chi connectivity index (χ2v) is 6.02. The fourth-order valence-electron chi connectivity index (χ4n) is 2.70. The van der Waals surface area contributed by atoms with Gasteiger partial charge in [-0.15, -0.1) is 0 Å². The van der Waals surface area contributed by atoms with Gasteiger partial charge in [0.2, 0.25) is 5.91 Å². The molecule has 0 aromatic carbocycles. The normalized spacial score (nSPS) is 21.7. The van der Waals surface area contributed by atoms with Gasteiger partial charge in [-0.25, -0.2) is 9.97 Å². The number of halogens is 3. The van der Waals surface area contributed by atoms with Crippen LogP contribution >= 0.6 is 0 Å². The van der Waals surface area contributed by atoms with Crippen LogP contribution < -0.4 is 10.1 Å². The number of nitrogens with zero attached hydrogens (tertiary/aromatic N) is 3. The van der Waals surface area contributed by atoms with Gasteiger partial charge in [0.1, 0.15) is 6.04 Å². The molecule has 9 heteroatoms. The van der Waals surface area contributed by atoms with Gasteiger partial charge in [-0.05, 0) is 26.7 Å². The van der Waals surface area contributed by atoms with Gasteiger partial charge in [0.15, 0.2) is 5.82 Å². The zero-order chi connectivity index (χ0) is 17.9. The third kappa shape index (κ3) is 4.48. The molecule has 1 aliphatic rings. The molecule has 1 fully saturated rings. The number of carbonyl (C=O) groups is 1. The van der Waals surface area contributed by atoms with E-state index in [1.54, 1.807) is 0 Å². The molecule has 1 N–H and O–H groups in total. The molecule has 1 aromatic heterocycles. The van der Waals surface area contributed by atoms with Gasteiger partial charge in [-0.1, -0.05) is 0 Å². The van der Waals surface area contributed by atoms with Crippen molar-refractivity contribution in [2.45, 2.75) is 58.0 Å². The molecule has 0 bridgehead atoms. The molecule has 134 valence electrons. The summed E-state index contributed by atoms with van der Waals surface area (Å²) in [6.07, 6.45) is -1.47. The first-order valence-corrected chi connectivity index (χ1v) is 7.76. The zero-order valence-electron chi connectivity index (χ0n) is 13.8. The quantitative estimate of drug-likeness (QED) is 0.908. The SMILES string of the molecule is CC(=O)N1C[C@@H](Nc2nccnc2OC(C)C)CC[C@H]1C(F)(F)F. The van der Waals surface area contributed by atoms with Crippen LogP contribution in [0.15, 0.2) is 12.4 Å². The highest BCUT2D eigenvalue weighted by Crippen LogP contribution is 2.33. The number of nitrogens with one attached hydrogen (secondary N) is 1. The Labute approximate surface area is 138 Å². The topological polar surface area (TPSA) is 67.4 Å². The molecule has 1 saturated heterocycles. The number of amides is 1. The average molecular weight is 346 g/mol. The smallest absolute Gasteiger partial charge is 0.408 e. The van der Waals surface area contributed by atoms with E-state index in [0.29, 0.717) is 11.7 Å². The second kappa shape index (κ2) is 7.23. The van der Waals surface area contributed by atoms with Crippen LogP contribution in [-0.4, -0.2) is 51.7 Å². The lowest BCUT2D eigenvalue weighted by atomic mass is 9.97. The minimum atomic E-state index is -4.42. The summed E-state index contributed by atoms with van der Waals surface area (Å²) < 4.78 is 44.7. The number of alkyl halides is 3. The van der Waals surface area contributed by atoms with Crippen LogP contribution in [0.4, 0.5) is 19.0 Å². The highest BCUT2D eigenvalue weighted by molar-refractivity contribution is 5.74. The number of piperidine rings is 1. The fraction of sp³-hybridized carbons (Fsp3) is 0.667. The number of hydrogen-bond acceptors (Lipinski definition) is 5. The number of rotatable bonds is 4. The van der Waals surface area contributed by atoms with Gasteiger partial charge in [0, 0.05) is 31.9 Å². The van der Waals surface area contributed by atoms with E-state index in [1.165, 1.54) is 12.4 Å². The Morgan fingerprint density at radius 2 is 2.00 bits per heavy atom. The lowest BCUT2D eigenvalue weighted by Gasteiger charge is -2.40. The van der Waals surface area contributed by atoms with Crippen molar-refractivity contribution in [1.82, 2.24) is 14.9 Å². The van der Waals surface area contributed by atoms with E-state index in [0.717, 1.165) is 11.8 Å². The lowest BCUT2D eigenvalue weighted by Crippen LogP contribution is -2.55. The van der Waals surface area contributed by atoms with E-state index in [1.807, 2.05) is 13.8 Å². The molecule has 2 rings (SSSR count). The summed E-state index contributed by atoms with van der Waals surface area (Å²) in [4.78, 5) is 20.7. The van der Waals surface area contributed by atoms with Gasteiger partial charge in [0.25, 0.3) is 5.88 Å². The maximum Gasteiger partial charge on any atom is 0.408 e. The van der Waals surface area contributed by atoms with E-state index < -0.39 is 18.1 Å². The summed E-state index contributed by atoms with van der Waals surface area (Å²) in [5.41, 5.74) is 0. The van der Waals surface area contributed by atoms with Crippen LogP contribution in [0.5, 0.6) is 5.88 Å². The third-order valence-electron chi connectivity index (χ3n) is 3.72. The Bertz CT molecular complexity index is 580. The number of carbonyl (C=O) groups excluding carboxylic acids is 1. The number of anilines is 1. The van der Waals surface area contributed by atoms with Gasteiger partial charge in [0.05, 0.1) is 6.10 Å². The standard InChI is InChI=1S/C15H21F3N4O2/c1-9(2)24-14-13(19-6-7-20-14)21-11-4-5-12(15(16,17)18)22(8-11)10(3)23/h6-7,9,11-12H,4-5,8H2,1-3H3,(H,19,21)/t11-,12-/m0/s1. The summed E-state index contributed by atoms with van der Waals surface area (Å²) in [5, 5.41) is 3.05. The fourth-order valence-corrected chi connectivity index (χ4v) is 2.70. The molecule has 0 radical (unpaired) electrons. The molecule has 1 aliphatic heterocycles. The highest BCUT2D eigenvalue weighted by atomic mass is 19.4. The molecule has 0 saturated carbocycles. The van der Waals surface area contributed by atoms with Gasteiger partial charge in [-0.3, -0.25) is 4.79 Å². The van der Waals surface area contributed by atoms with Crippen molar-refractivity contribution in [2.24, 2.45) is 0 Å². The molecule has 1 aromatic rings. The van der Waals surface area contributed by atoms with Crippen molar-refractivity contribution in [1.29, 1.82) is 0 Å². The Kier molecular flexibility index (Phi) is 5.51. The maximum atomic E-state index is 13.1. The Morgan fingerprint density at radius 1 is 1.33 bits per heavy atom. The number of aromatic nitrogens is 2. The van der Waals surface area contributed by atoms with E-state index in [9.17, 15) is 18.0 Å². The van der Waals surface area contributed by atoms with Crippen molar-refractivity contribution < 1.29 is 22.7 Å². The molecule has 24 heavy (non-hydrogen) atoms. The van der Waals surface area contributed by atoms with Crippen LogP contribution in [0.2, 0.25) is 0 Å².